The van der Waals surface area contributed by atoms with Crippen LogP contribution in [0.5, 0.6) is 5.75 Å². The van der Waals surface area contributed by atoms with E-state index in [4.69, 9.17) is 4.74 Å². The Labute approximate surface area is 119 Å². The van der Waals surface area contributed by atoms with Crippen LogP contribution in [0.1, 0.15) is 30.7 Å². The number of hydrogen-bond acceptors (Lipinski definition) is 3. The molecule has 0 bridgehead atoms. The lowest BCUT2D eigenvalue weighted by atomic mass is 10.1. The van der Waals surface area contributed by atoms with E-state index in [0.29, 0.717) is 6.04 Å². The fourth-order valence-electron chi connectivity index (χ4n) is 2.08. The molecule has 1 unspecified atom stereocenters. The summed E-state index contributed by atoms with van der Waals surface area (Å²) in [4.78, 5) is 1.42. The number of ether oxygens (including phenoxy) is 1. The van der Waals surface area contributed by atoms with E-state index in [1.165, 1.54) is 4.88 Å². The summed E-state index contributed by atoms with van der Waals surface area (Å²) < 4.78 is 5.73. The van der Waals surface area contributed by atoms with Crippen molar-refractivity contribution >= 4 is 11.3 Å². The summed E-state index contributed by atoms with van der Waals surface area (Å²) in [6, 6.07) is 14.8. The molecular formula is C16H21NOS. The molecule has 3 heteroatoms. The van der Waals surface area contributed by atoms with Crippen molar-refractivity contribution in [2.24, 2.45) is 0 Å². The van der Waals surface area contributed by atoms with Crippen LogP contribution >= 0.6 is 11.3 Å². The Balaban J connectivity index is 1.74. The number of para-hydroxylation sites is 1. The molecule has 1 atom stereocenters. The summed E-state index contributed by atoms with van der Waals surface area (Å²) in [7, 11) is 0. The molecule has 2 rings (SSSR count). The SMILES string of the molecule is CCNC(CCCOc1ccccc1)c1cccs1. The first-order valence-electron chi connectivity index (χ1n) is 6.84. The second kappa shape index (κ2) is 7.97. The van der Waals surface area contributed by atoms with Gasteiger partial charge in [0.25, 0.3) is 0 Å². The Morgan fingerprint density at radius 1 is 1.16 bits per heavy atom. The average Bonchev–Trinajstić information content (AvgIpc) is 2.97. The Bertz CT molecular complexity index is 441. The third-order valence-electron chi connectivity index (χ3n) is 2.99. The molecule has 1 aromatic heterocycles. The Morgan fingerprint density at radius 3 is 2.68 bits per heavy atom. The molecule has 0 amide bonds. The van der Waals surface area contributed by atoms with E-state index >= 15 is 0 Å². The van der Waals surface area contributed by atoms with Gasteiger partial charge in [0.15, 0.2) is 0 Å². The smallest absolute Gasteiger partial charge is 0.119 e. The van der Waals surface area contributed by atoms with Gasteiger partial charge in [-0.1, -0.05) is 31.2 Å². The van der Waals surface area contributed by atoms with Crippen molar-refractivity contribution in [1.82, 2.24) is 5.32 Å². The van der Waals surface area contributed by atoms with Crippen LogP contribution in [0.2, 0.25) is 0 Å². The van der Waals surface area contributed by atoms with Gasteiger partial charge in [-0.25, -0.2) is 0 Å². The molecule has 0 aliphatic rings. The van der Waals surface area contributed by atoms with Gasteiger partial charge < -0.3 is 10.1 Å². The van der Waals surface area contributed by atoms with Crippen molar-refractivity contribution < 1.29 is 4.74 Å². The van der Waals surface area contributed by atoms with Gasteiger partial charge in [0.1, 0.15) is 5.75 Å². The molecule has 0 saturated heterocycles. The zero-order valence-corrected chi connectivity index (χ0v) is 12.2. The van der Waals surface area contributed by atoms with Crippen LogP contribution in [-0.4, -0.2) is 13.2 Å². The number of nitrogens with one attached hydrogen (secondary N) is 1. The fourth-order valence-corrected chi connectivity index (χ4v) is 2.91. The number of rotatable bonds is 8. The zero-order valence-electron chi connectivity index (χ0n) is 11.3. The number of thiophene rings is 1. The molecule has 1 heterocycles. The molecule has 0 fully saturated rings. The van der Waals surface area contributed by atoms with Gasteiger partial charge in [0, 0.05) is 10.9 Å². The summed E-state index contributed by atoms with van der Waals surface area (Å²) in [6.07, 6.45) is 2.17. The van der Waals surface area contributed by atoms with E-state index in [1.807, 2.05) is 41.7 Å². The van der Waals surface area contributed by atoms with Crippen LogP contribution in [0, 0.1) is 0 Å². The van der Waals surface area contributed by atoms with E-state index in [0.717, 1.165) is 31.7 Å². The van der Waals surface area contributed by atoms with E-state index in [2.05, 4.69) is 29.8 Å². The van der Waals surface area contributed by atoms with Crippen LogP contribution < -0.4 is 10.1 Å². The summed E-state index contributed by atoms with van der Waals surface area (Å²) in [5.74, 6) is 0.957. The molecule has 1 aromatic carbocycles. The highest BCUT2D eigenvalue weighted by Gasteiger charge is 2.10. The highest BCUT2D eigenvalue weighted by Crippen LogP contribution is 2.23. The van der Waals surface area contributed by atoms with Gasteiger partial charge in [-0.2, -0.15) is 0 Å². The monoisotopic (exact) mass is 275 g/mol. The third-order valence-corrected chi connectivity index (χ3v) is 3.97. The van der Waals surface area contributed by atoms with Crippen LogP contribution in [0.3, 0.4) is 0 Å². The lowest BCUT2D eigenvalue weighted by molar-refractivity contribution is 0.297. The van der Waals surface area contributed by atoms with Crippen LogP contribution in [0.25, 0.3) is 0 Å². The molecule has 102 valence electrons. The highest BCUT2D eigenvalue weighted by molar-refractivity contribution is 7.10. The molecule has 0 radical (unpaired) electrons. The van der Waals surface area contributed by atoms with E-state index < -0.39 is 0 Å². The van der Waals surface area contributed by atoms with E-state index in [1.54, 1.807) is 0 Å². The second-order valence-corrected chi connectivity index (χ2v) is 5.41. The highest BCUT2D eigenvalue weighted by atomic mass is 32.1. The van der Waals surface area contributed by atoms with E-state index in [9.17, 15) is 0 Å². The van der Waals surface area contributed by atoms with Crippen LogP contribution in [0.4, 0.5) is 0 Å². The normalized spacial score (nSPS) is 12.3. The molecule has 1 N–H and O–H groups in total. The number of hydrogen-bond donors (Lipinski definition) is 1. The first-order chi connectivity index (χ1) is 9.40. The van der Waals surface area contributed by atoms with Crippen molar-refractivity contribution in [1.29, 1.82) is 0 Å². The minimum atomic E-state index is 0.462. The summed E-state index contributed by atoms with van der Waals surface area (Å²) in [6.45, 7) is 3.93. The van der Waals surface area contributed by atoms with Crippen molar-refractivity contribution in [3.63, 3.8) is 0 Å². The maximum absolute atomic E-state index is 5.73. The molecule has 0 saturated carbocycles. The Morgan fingerprint density at radius 2 is 2.00 bits per heavy atom. The van der Waals surface area contributed by atoms with Gasteiger partial charge in [0.2, 0.25) is 0 Å². The predicted molar refractivity (Wildman–Crippen MR) is 81.9 cm³/mol. The van der Waals surface area contributed by atoms with Crippen molar-refractivity contribution in [3.8, 4) is 5.75 Å². The predicted octanol–water partition coefficient (Wildman–Crippen LogP) is 4.26. The summed E-state index contributed by atoms with van der Waals surface area (Å²) >= 11 is 1.82. The minimum Gasteiger partial charge on any atom is -0.494 e. The van der Waals surface area contributed by atoms with Gasteiger partial charge in [0.05, 0.1) is 6.61 Å². The molecule has 0 aliphatic heterocycles. The third kappa shape index (κ3) is 4.69. The fraction of sp³-hybridized carbons (Fsp3) is 0.375. The van der Waals surface area contributed by atoms with Gasteiger partial charge >= 0.3 is 0 Å². The molecule has 19 heavy (non-hydrogen) atoms. The Hall–Kier alpha value is -1.32. The molecule has 0 spiro atoms. The first-order valence-corrected chi connectivity index (χ1v) is 7.72. The topological polar surface area (TPSA) is 21.3 Å². The van der Waals surface area contributed by atoms with Crippen LogP contribution in [-0.2, 0) is 0 Å². The van der Waals surface area contributed by atoms with Crippen molar-refractivity contribution in [3.05, 3.63) is 52.7 Å². The largest absolute Gasteiger partial charge is 0.494 e. The van der Waals surface area contributed by atoms with E-state index in [-0.39, 0.29) is 0 Å². The molecule has 2 aromatic rings. The maximum atomic E-state index is 5.73. The molecule has 0 aliphatic carbocycles. The summed E-state index contributed by atoms with van der Waals surface area (Å²) in [5, 5.41) is 5.68. The standard InChI is InChI=1S/C16H21NOS/c1-2-17-15(16-11-7-13-19-16)10-6-12-18-14-8-4-3-5-9-14/h3-5,7-9,11,13,15,17H,2,6,10,12H2,1H3. The van der Waals surface area contributed by atoms with Gasteiger partial charge in [-0.3, -0.25) is 0 Å². The lowest BCUT2D eigenvalue weighted by Crippen LogP contribution is -2.20. The van der Waals surface area contributed by atoms with Gasteiger partial charge in [-0.15, -0.1) is 11.3 Å². The quantitative estimate of drug-likeness (QED) is 0.727. The minimum absolute atomic E-state index is 0.462. The van der Waals surface area contributed by atoms with Crippen LogP contribution in [0.15, 0.2) is 47.8 Å². The molecule has 2 nitrogen and oxygen atoms in total. The van der Waals surface area contributed by atoms with Crippen molar-refractivity contribution in [2.45, 2.75) is 25.8 Å². The molecular weight excluding hydrogens is 254 g/mol. The average molecular weight is 275 g/mol. The Kier molecular flexibility index (Phi) is 5.92. The van der Waals surface area contributed by atoms with Gasteiger partial charge in [-0.05, 0) is 43.0 Å². The number of benzene rings is 1. The first kappa shape index (κ1) is 14.1. The zero-order chi connectivity index (χ0) is 13.3. The maximum Gasteiger partial charge on any atom is 0.119 e. The second-order valence-electron chi connectivity index (χ2n) is 4.43. The summed E-state index contributed by atoms with van der Waals surface area (Å²) in [5.41, 5.74) is 0. The van der Waals surface area contributed by atoms with Crippen molar-refractivity contribution in [2.75, 3.05) is 13.2 Å². The lowest BCUT2D eigenvalue weighted by Gasteiger charge is -2.16.